The summed E-state index contributed by atoms with van der Waals surface area (Å²) in [5.41, 5.74) is 0.797. The predicted octanol–water partition coefficient (Wildman–Crippen LogP) is 3.96. The van der Waals surface area contributed by atoms with E-state index in [9.17, 15) is 19.7 Å². The fourth-order valence-corrected chi connectivity index (χ4v) is 3.64. The molecule has 0 bridgehead atoms. The number of nitrogens with one attached hydrogen (secondary N) is 1. The number of amides is 1. The van der Waals surface area contributed by atoms with Gasteiger partial charge in [0.25, 0.3) is 11.6 Å². The standard InChI is InChI=1S/C17H13N3O5S2/c1-10(15(21)18-12-4-2-3-5-14(12)20(23)24)25-17(22)13-9-27-16(19-13)11-6-7-26-8-11/h2-10H,1H3,(H,18,21). The van der Waals surface area contributed by atoms with Crippen LogP contribution >= 0.6 is 22.7 Å². The molecule has 10 heteroatoms. The monoisotopic (exact) mass is 403 g/mol. The molecule has 1 aromatic carbocycles. The average Bonchev–Trinajstić information content (AvgIpc) is 3.33. The van der Waals surface area contributed by atoms with Crippen molar-refractivity contribution in [1.82, 2.24) is 4.98 Å². The summed E-state index contributed by atoms with van der Waals surface area (Å²) in [7, 11) is 0. The van der Waals surface area contributed by atoms with Crippen LogP contribution in [-0.4, -0.2) is 27.9 Å². The Balaban J connectivity index is 1.65. The maximum Gasteiger partial charge on any atom is 0.358 e. The van der Waals surface area contributed by atoms with Crippen LogP contribution in [0.4, 0.5) is 11.4 Å². The van der Waals surface area contributed by atoms with E-state index in [1.54, 1.807) is 11.4 Å². The minimum Gasteiger partial charge on any atom is -0.448 e. The summed E-state index contributed by atoms with van der Waals surface area (Å²) in [5, 5.41) is 19.5. The summed E-state index contributed by atoms with van der Waals surface area (Å²) in [4.78, 5) is 39.0. The Morgan fingerprint density at radius 2 is 2.04 bits per heavy atom. The molecule has 1 N–H and O–H groups in total. The fraction of sp³-hybridized carbons (Fsp3) is 0.118. The Hall–Kier alpha value is -3.11. The van der Waals surface area contributed by atoms with Crippen LogP contribution in [0.5, 0.6) is 0 Å². The zero-order valence-corrected chi connectivity index (χ0v) is 15.6. The summed E-state index contributed by atoms with van der Waals surface area (Å²) in [5.74, 6) is -1.41. The second kappa shape index (κ2) is 8.06. The normalized spacial score (nSPS) is 11.6. The molecule has 0 radical (unpaired) electrons. The Morgan fingerprint density at radius 3 is 2.74 bits per heavy atom. The first-order chi connectivity index (χ1) is 13.0. The van der Waals surface area contributed by atoms with Crippen LogP contribution in [0.25, 0.3) is 10.6 Å². The van der Waals surface area contributed by atoms with Crippen molar-refractivity contribution < 1.29 is 19.2 Å². The third kappa shape index (κ3) is 4.36. The molecule has 138 valence electrons. The highest BCUT2D eigenvalue weighted by Crippen LogP contribution is 2.26. The number of esters is 1. The van der Waals surface area contributed by atoms with Crippen LogP contribution in [0.1, 0.15) is 17.4 Å². The molecular weight excluding hydrogens is 390 g/mol. The number of rotatable bonds is 6. The summed E-state index contributed by atoms with van der Waals surface area (Å²) in [6.07, 6.45) is -1.15. The molecule has 0 fully saturated rings. The van der Waals surface area contributed by atoms with Crippen molar-refractivity contribution in [3.63, 3.8) is 0 Å². The van der Waals surface area contributed by atoms with Crippen LogP contribution in [0.3, 0.4) is 0 Å². The molecule has 0 aliphatic rings. The average molecular weight is 403 g/mol. The van der Waals surface area contributed by atoms with Crippen molar-refractivity contribution in [2.24, 2.45) is 0 Å². The number of thiophene rings is 1. The summed E-state index contributed by atoms with van der Waals surface area (Å²) in [6, 6.07) is 7.61. The van der Waals surface area contributed by atoms with Gasteiger partial charge in [-0.2, -0.15) is 11.3 Å². The second-order valence-corrected chi connectivity index (χ2v) is 7.00. The van der Waals surface area contributed by atoms with Gasteiger partial charge >= 0.3 is 5.97 Å². The number of nitro benzene ring substituents is 1. The molecule has 3 aromatic rings. The Morgan fingerprint density at radius 1 is 1.26 bits per heavy atom. The third-order valence-corrected chi connectivity index (χ3v) is 5.07. The van der Waals surface area contributed by atoms with Gasteiger partial charge in [0.2, 0.25) is 0 Å². The first-order valence-electron chi connectivity index (χ1n) is 7.69. The molecule has 27 heavy (non-hydrogen) atoms. The minimum absolute atomic E-state index is 0.0313. The first-order valence-corrected chi connectivity index (χ1v) is 9.51. The molecule has 3 rings (SSSR count). The van der Waals surface area contributed by atoms with E-state index in [4.69, 9.17) is 4.74 Å². The van der Waals surface area contributed by atoms with Gasteiger partial charge in [-0.05, 0) is 24.4 Å². The van der Waals surface area contributed by atoms with Gasteiger partial charge in [0.15, 0.2) is 11.8 Å². The van der Waals surface area contributed by atoms with Gasteiger partial charge < -0.3 is 10.1 Å². The Kier molecular flexibility index (Phi) is 5.57. The second-order valence-electron chi connectivity index (χ2n) is 5.36. The van der Waals surface area contributed by atoms with E-state index in [-0.39, 0.29) is 17.1 Å². The predicted molar refractivity (Wildman–Crippen MR) is 102 cm³/mol. The largest absolute Gasteiger partial charge is 0.448 e. The van der Waals surface area contributed by atoms with Crippen LogP contribution < -0.4 is 5.32 Å². The lowest BCUT2D eigenvalue weighted by atomic mass is 10.2. The highest BCUT2D eigenvalue weighted by atomic mass is 32.1. The third-order valence-electron chi connectivity index (χ3n) is 3.49. The highest BCUT2D eigenvalue weighted by molar-refractivity contribution is 7.14. The van der Waals surface area contributed by atoms with E-state index in [0.717, 1.165) is 5.56 Å². The molecule has 0 aliphatic carbocycles. The minimum atomic E-state index is -1.15. The SMILES string of the molecule is CC(OC(=O)c1csc(-c2ccsc2)n1)C(=O)Nc1ccccc1[N+](=O)[O-]. The van der Waals surface area contributed by atoms with Gasteiger partial charge in [-0.3, -0.25) is 14.9 Å². The number of nitro groups is 1. The number of anilines is 1. The molecule has 0 saturated heterocycles. The molecule has 0 spiro atoms. The molecular formula is C17H13N3O5S2. The van der Waals surface area contributed by atoms with E-state index in [1.807, 2.05) is 16.8 Å². The highest BCUT2D eigenvalue weighted by Gasteiger charge is 2.23. The van der Waals surface area contributed by atoms with E-state index in [0.29, 0.717) is 5.01 Å². The zero-order valence-electron chi connectivity index (χ0n) is 13.9. The lowest BCUT2D eigenvalue weighted by molar-refractivity contribution is -0.383. The van der Waals surface area contributed by atoms with Crippen LogP contribution in [0, 0.1) is 10.1 Å². The molecule has 8 nitrogen and oxygen atoms in total. The van der Waals surface area contributed by atoms with Gasteiger partial charge in [0.05, 0.1) is 4.92 Å². The van der Waals surface area contributed by atoms with Crippen molar-refractivity contribution in [1.29, 1.82) is 0 Å². The van der Waals surface area contributed by atoms with Gasteiger partial charge in [0, 0.05) is 22.4 Å². The number of benzene rings is 1. The van der Waals surface area contributed by atoms with Crippen molar-refractivity contribution in [2.75, 3.05) is 5.32 Å². The van der Waals surface area contributed by atoms with Gasteiger partial charge in [-0.15, -0.1) is 11.3 Å². The van der Waals surface area contributed by atoms with E-state index in [1.165, 1.54) is 47.8 Å². The zero-order chi connectivity index (χ0) is 19.4. The van der Waals surface area contributed by atoms with Crippen molar-refractivity contribution in [3.05, 3.63) is 62.3 Å². The fourth-order valence-electron chi connectivity index (χ4n) is 2.13. The van der Waals surface area contributed by atoms with Crippen LogP contribution in [0.15, 0.2) is 46.5 Å². The molecule has 0 aliphatic heterocycles. The van der Waals surface area contributed by atoms with Crippen molar-refractivity contribution >= 4 is 45.9 Å². The molecule has 2 aromatic heterocycles. The number of aromatic nitrogens is 1. The summed E-state index contributed by atoms with van der Waals surface area (Å²) < 4.78 is 5.13. The van der Waals surface area contributed by atoms with Crippen LogP contribution in [-0.2, 0) is 9.53 Å². The first kappa shape index (κ1) is 18.7. The summed E-state index contributed by atoms with van der Waals surface area (Å²) >= 11 is 2.82. The molecule has 2 heterocycles. The number of carbonyl (C=O) groups is 2. The number of nitrogens with zero attached hydrogens (tertiary/aromatic N) is 2. The topological polar surface area (TPSA) is 111 Å². The number of hydrogen-bond donors (Lipinski definition) is 1. The number of thiazole rings is 1. The smallest absolute Gasteiger partial charge is 0.358 e. The molecule has 0 saturated carbocycles. The van der Waals surface area contributed by atoms with Crippen LogP contribution in [0.2, 0.25) is 0 Å². The summed E-state index contributed by atoms with van der Waals surface area (Å²) in [6.45, 7) is 1.38. The molecule has 1 amide bonds. The molecule has 1 atom stereocenters. The number of ether oxygens (including phenoxy) is 1. The number of hydrogen-bond acceptors (Lipinski definition) is 8. The van der Waals surface area contributed by atoms with Crippen molar-refractivity contribution in [2.45, 2.75) is 13.0 Å². The van der Waals surface area contributed by atoms with Crippen molar-refractivity contribution in [3.8, 4) is 10.6 Å². The lowest BCUT2D eigenvalue weighted by Crippen LogP contribution is -2.30. The maximum atomic E-state index is 12.2. The Bertz CT molecular complexity index is 984. The maximum absolute atomic E-state index is 12.2. The lowest BCUT2D eigenvalue weighted by Gasteiger charge is -2.12. The molecule has 1 unspecified atom stereocenters. The number of carbonyl (C=O) groups excluding carboxylic acids is 2. The van der Waals surface area contributed by atoms with Gasteiger partial charge in [0.1, 0.15) is 10.7 Å². The quantitative estimate of drug-likeness (QED) is 0.379. The van der Waals surface area contributed by atoms with E-state index >= 15 is 0 Å². The van der Waals surface area contributed by atoms with Gasteiger partial charge in [-0.1, -0.05) is 12.1 Å². The van der Waals surface area contributed by atoms with Gasteiger partial charge in [-0.25, -0.2) is 9.78 Å². The Labute approximate surface area is 161 Å². The van der Waals surface area contributed by atoms with E-state index < -0.39 is 22.9 Å². The van der Waals surface area contributed by atoms with E-state index in [2.05, 4.69) is 10.3 Å². The number of para-hydroxylation sites is 2.